The molecule has 150 valence electrons. The fourth-order valence-corrected chi connectivity index (χ4v) is 3.55. The van der Waals surface area contributed by atoms with Gasteiger partial charge in [-0.15, -0.1) is 0 Å². The molecular formula is C10H17BN5O9P2-. The van der Waals surface area contributed by atoms with Crippen molar-refractivity contribution in [2.75, 3.05) is 12.3 Å². The van der Waals surface area contributed by atoms with Crippen LogP contribution in [0, 0.1) is 0 Å². The zero-order valence-electron chi connectivity index (χ0n) is 12.8. The third-order valence-corrected chi connectivity index (χ3v) is 5.26. The molecule has 1 saturated heterocycles. The van der Waals surface area contributed by atoms with Crippen molar-refractivity contribution in [3.63, 3.8) is 0 Å². The number of nitrogens with two attached hydrogens (primary N) is 1. The predicted molar refractivity (Wildman–Crippen MR) is 92.3 cm³/mol. The van der Waals surface area contributed by atoms with E-state index < -0.39 is 54.0 Å². The average molecular weight is 424 g/mol. The van der Waals surface area contributed by atoms with Gasteiger partial charge in [-0.2, -0.15) is 0 Å². The summed E-state index contributed by atoms with van der Waals surface area (Å²) in [5.41, 5.74) is 6.25. The summed E-state index contributed by atoms with van der Waals surface area (Å²) in [5.74, 6) is 0.127. The standard InChI is InChI=1S/C10H17BN5O9P2/c11-26(19,25-27(20,21)22)23-1-4-6(17)7(18)10(24-4)16-3-15-5-8(12)13-2-14-9(5)16/h2-4,6-7,10,17-18H,1H2,11H3,(H2,12,13,14)(H2,20,21,22)/q-1/t4-,6-,7-,10-,26+/m1/s1. The molecule has 14 nitrogen and oxygen atoms in total. The molecule has 1 fully saturated rings. The minimum Gasteiger partial charge on any atom is -0.387 e. The topological polar surface area (TPSA) is 212 Å². The third kappa shape index (κ3) is 4.37. The van der Waals surface area contributed by atoms with Crippen LogP contribution in [0.1, 0.15) is 6.23 Å². The van der Waals surface area contributed by atoms with Crippen molar-refractivity contribution < 1.29 is 42.7 Å². The van der Waals surface area contributed by atoms with E-state index in [1.807, 2.05) is 0 Å². The maximum Gasteiger partial charge on any atom is 0.474 e. The largest absolute Gasteiger partial charge is 0.474 e. The van der Waals surface area contributed by atoms with Crippen LogP contribution in [0.4, 0.5) is 5.82 Å². The van der Waals surface area contributed by atoms with Gasteiger partial charge in [0.2, 0.25) is 0 Å². The molecule has 17 heteroatoms. The van der Waals surface area contributed by atoms with E-state index in [1.54, 1.807) is 0 Å². The summed E-state index contributed by atoms with van der Waals surface area (Å²) in [6.45, 7) is -0.501. The number of phosphoric acid groups is 1. The molecule has 0 unspecified atom stereocenters. The molecule has 0 saturated carbocycles. The number of hydrogen-bond acceptors (Lipinski definition) is 11. The molecular weight excluding hydrogens is 407 g/mol. The second-order valence-corrected chi connectivity index (χ2v) is 7.56. The fourth-order valence-electron chi connectivity index (χ4n) is 2.40. The van der Waals surface area contributed by atoms with Gasteiger partial charge in [0.05, 0.1) is 20.5 Å². The highest BCUT2D eigenvalue weighted by atomic mass is 31.3. The highest BCUT2D eigenvalue weighted by Crippen LogP contribution is 2.57. The molecule has 1 aliphatic heterocycles. The Labute approximate surface area is 152 Å². The van der Waals surface area contributed by atoms with Gasteiger partial charge < -0.3 is 39.6 Å². The van der Waals surface area contributed by atoms with Crippen molar-refractivity contribution >= 4 is 39.8 Å². The van der Waals surface area contributed by atoms with Crippen LogP contribution < -0.4 is 5.73 Å². The normalized spacial score (nSPS) is 28.5. The molecule has 2 aromatic rings. The maximum absolute atomic E-state index is 12.0. The second kappa shape index (κ2) is 7.20. The molecule has 3 rings (SSSR count). The van der Waals surface area contributed by atoms with E-state index >= 15 is 0 Å². The Hall–Kier alpha value is -1.41. The molecule has 0 amide bonds. The van der Waals surface area contributed by atoms with Crippen molar-refractivity contribution in [2.24, 2.45) is 0 Å². The predicted octanol–water partition coefficient (Wildman–Crippen LogP) is -2.37. The Morgan fingerprint density at radius 3 is 2.63 bits per heavy atom. The Morgan fingerprint density at radius 2 is 1.96 bits per heavy atom. The van der Waals surface area contributed by atoms with Crippen molar-refractivity contribution in [2.45, 2.75) is 24.5 Å². The fraction of sp³-hybridized carbons (Fsp3) is 0.500. The van der Waals surface area contributed by atoms with E-state index in [-0.39, 0.29) is 17.0 Å². The number of ether oxygens (including phenoxy) is 1. The minimum absolute atomic E-state index is 0.127. The van der Waals surface area contributed by atoms with Gasteiger partial charge in [0.1, 0.15) is 30.2 Å². The number of anilines is 1. The first kappa shape index (κ1) is 20.3. The highest BCUT2D eigenvalue weighted by molar-refractivity contribution is 7.83. The van der Waals surface area contributed by atoms with Crippen molar-refractivity contribution in [3.05, 3.63) is 12.7 Å². The number of rotatable bonds is 6. The van der Waals surface area contributed by atoms with Crippen LogP contribution in [0.25, 0.3) is 11.2 Å². The van der Waals surface area contributed by atoms with Crippen LogP contribution in [0.3, 0.4) is 0 Å². The summed E-state index contributed by atoms with van der Waals surface area (Å²) < 4.78 is 38.9. The molecule has 0 radical (unpaired) electrons. The smallest absolute Gasteiger partial charge is 0.387 e. The third-order valence-electron chi connectivity index (χ3n) is 3.52. The van der Waals surface area contributed by atoms with Gasteiger partial charge in [-0.1, -0.05) is 0 Å². The second-order valence-electron chi connectivity index (χ2n) is 5.22. The van der Waals surface area contributed by atoms with Crippen LogP contribution in [0.15, 0.2) is 12.7 Å². The minimum atomic E-state index is -4.98. The summed E-state index contributed by atoms with van der Waals surface area (Å²) in [6, 6.07) is 0. The SMILES string of the molecule is [BH3-][P@](=O)(OC[C@H]1O[C@@H](n2cnc3c(N)ncnc32)[C@H](O)[C@@H]1O)OP(=O)(O)O. The molecule has 0 bridgehead atoms. The van der Waals surface area contributed by atoms with Crippen LogP contribution in [-0.2, 0) is 22.7 Å². The molecule has 5 atom stereocenters. The number of aromatic nitrogens is 4. The molecule has 0 aliphatic carbocycles. The molecule has 6 N–H and O–H groups in total. The van der Waals surface area contributed by atoms with Crippen LogP contribution in [-0.4, -0.2) is 72.0 Å². The number of hydrogen-bond donors (Lipinski definition) is 5. The molecule has 0 spiro atoms. The van der Waals surface area contributed by atoms with Gasteiger partial charge in [-0.25, -0.2) is 23.8 Å². The first-order chi connectivity index (χ1) is 12.5. The monoisotopic (exact) mass is 424 g/mol. The van der Waals surface area contributed by atoms with Crippen LogP contribution >= 0.6 is 15.3 Å². The number of fused-ring (bicyclic) bond motifs is 1. The van der Waals surface area contributed by atoms with E-state index in [1.165, 1.54) is 17.2 Å². The van der Waals surface area contributed by atoms with E-state index in [0.29, 0.717) is 0 Å². The van der Waals surface area contributed by atoms with Gasteiger partial charge in [0.25, 0.3) is 0 Å². The first-order valence-electron chi connectivity index (χ1n) is 6.97. The lowest BCUT2D eigenvalue weighted by Gasteiger charge is -2.22. The van der Waals surface area contributed by atoms with Gasteiger partial charge in [-0.3, -0.25) is 4.57 Å². The zero-order chi connectivity index (χ0) is 20.0. The Morgan fingerprint density at radius 1 is 1.26 bits per heavy atom. The molecule has 27 heavy (non-hydrogen) atoms. The Kier molecular flexibility index (Phi) is 5.43. The van der Waals surface area contributed by atoms with E-state index in [0.717, 1.165) is 0 Å². The summed E-state index contributed by atoms with van der Waals surface area (Å²) in [6.07, 6.45) is -2.55. The lowest BCUT2D eigenvalue weighted by molar-refractivity contribution is -0.0479. The number of imidazole rings is 1. The molecule has 3 heterocycles. The Bertz CT molecular complexity index is 937. The summed E-state index contributed by atoms with van der Waals surface area (Å²) in [5, 5.41) is 20.5. The average Bonchev–Trinajstić information content (AvgIpc) is 3.07. The molecule has 2 aromatic heterocycles. The van der Waals surface area contributed by atoms with Gasteiger partial charge in [0, 0.05) is 0 Å². The van der Waals surface area contributed by atoms with Gasteiger partial charge in [0.15, 0.2) is 25.2 Å². The summed E-state index contributed by atoms with van der Waals surface area (Å²) in [4.78, 5) is 29.4. The van der Waals surface area contributed by atoms with Crippen LogP contribution in [0.5, 0.6) is 0 Å². The van der Waals surface area contributed by atoms with E-state index in [9.17, 15) is 19.3 Å². The zero-order valence-corrected chi connectivity index (χ0v) is 14.6. The van der Waals surface area contributed by atoms with Gasteiger partial charge >= 0.3 is 7.82 Å². The Balaban J connectivity index is 1.75. The molecule has 0 aromatic carbocycles. The van der Waals surface area contributed by atoms with Gasteiger partial charge in [-0.05, 0) is 0 Å². The highest BCUT2D eigenvalue weighted by Gasteiger charge is 2.45. The van der Waals surface area contributed by atoms with Crippen molar-refractivity contribution in [1.82, 2.24) is 19.5 Å². The number of aliphatic hydroxyl groups excluding tert-OH is 2. The summed E-state index contributed by atoms with van der Waals surface area (Å²) >= 11 is 0. The van der Waals surface area contributed by atoms with E-state index in [2.05, 4.69) is 19.3 Å². The van der Waals surface area contributed by atoms with E-state index in [4.69, 9.17) is 24.8 Å². The van der Waals surface area contributed by atoms with Crippen molar-refractivity contribution in [3.8, 4) is 0 Å². The quantitative estimate of drug-likeness (QED) is 0.243. The maximum atomic E-state index is 12.0. The number of aliphatic hydroxyl groups is 2. The number of nitrogen functional groups attached to an aromatic ring is 1. The van der Waals surface area contributed by atoms with Crippen molar-refractivity contribution in [1.29, 1.82) is 0 Å². The van der Waals surface area contributed by atoms with Crippen LogP contribution in [0.2, 0.25) is 0 Å². The lowest BCUT2D eigenvalue weighted by Crippen LogP contribution is -2.33. The number of nitrogens with zero attached hydrogens (tertiary/aromatic N) is 4. The lowest BCUT2D eigenvalue weighted by atomic mass is 10.1. The molecule has 1 aliphatic rings. The first-order valence-corrected chi connectivity index (χ1v) is 9.60. The summed E-state index contributed by atoms with van der Waals surface area (Å²) in [7, 11) is -10.1.